The van der Waals surface area contributed by atoms with E-state index in [0.717, 1.165) is 12.8 Å². The molecule has 0 saturated carbocycles. The third-order valence-corrected chi connectivity index (χ3v) is 2.78. The van der Waals surface area contributed by atoms with E-state index in [-0.39, 0.29) is 11.5 Å². The van der Waals surface area contributed by atoms with E-state index in [4.69, 9.17) is 19.0 Å². The summed E-state index contributed by atoms with van der Waals surface area (Å²) in [5, 5.41) is 9.01. The van der Waals surface area contributed by atoms with Crippen LogP contribution in [0.25, 0.3) is 11.3 Å². The van der Waals surface area contributed by atoms with Gasteiger partial charge in [-0.15, -0.1) is 0 Å². The Labute approximate surface area is 108 Å². The van der Waals surface area contributed by atoms with Crippen LogP contribution in [0.4, 0.5) is 0 Å². The van der Waals surface area contributed by atoms with Crippen LogP contribution in [-0.2, 0) is 0 Å². The van der Waals surface area contributed by atoms with Gasteiger partial charge in [0, 0.05) is 12.0 Å². The molecular weight excluding hydrogens is 250 g/mol. The largest absolute Gasteiger partial charge is 0.490 e. The summed E-state index contributed by atoms with van der Waals surface area (Å²) >= 11 is 0. The van der Waals surface area contributed by atoms with Gasteiger partial charge < -0.3 is 19.0 Å². The van der Waals surface area contributed by atoms with Gasteiger partial charge in [-0.2, -0.15) is 0 Å². The second-order valence-corrected chi connectivity index (χ2v) is 4.05. The maximum absolute atomic E-state index is 11.0. The number of ether oxygens (including phenoxy) is 2. The average Bonchev–Trinajstić information content (AvgIpc) is 2.78. The number of carboxylic acid groups (broad SMARTS) is 1. The van der Waals surface area contributed by atoms with Crippen LogP contribution < -0.4 is 9.47 Å². The van der Waals surface area contributed by atoms with Crippen molar-refractivity contribution in [3.8, 4) is 22.8 Å². The Balaban J connectivity index is 2.04. The van der Waals surface area contributed by atoms with E-state index in [2.05, 4.69) is 4.98 Å². The van der Waals surface area contributed by atoms with Gasteiger partial charge in [-0.1, -0.05) is 0 Å². The third kappa shape index (κ3) is 2.12. The minimum Gasteiger partial charge on any atom is -0.490 e. The number of carbonyl (C=O) groups is 1. The van der Waals surface area contributed by atoms with Crippen LogP contribution in [0.15, 0.2) is 29.0 Å². The fourth-order valence-corrected chi connectivity index (χ4v) is 1.91. The number of benzene rings is 1. The summed E-state index contributed by atoms with van der Waals surface area (Å²) in [6, 6.07) is 5.19. The first-order valence-corrected chi connectivity index (χ1v) is 5.82. The van der Waals surface area contributed by atoms with Crippen molar-refractivity contribution in [1.29, 1.82) is 0 Å². The predicted molar refractivity (Wildman–Crippen MR) is 64.5 cm³/mol. The highest BCUT2D eigenvalue weighted by molar-refractivity contribution is 5.91. The van der Waals surface area contributed by atoms with Crippen molar-refractivity contribution >= 4 is 5.97 Å². The van der Waals surface area contributed by atoms with E-state index in [9.17, 15) is 4.79 Å². The number of nitrogens with zero attached hydrogens (tertiary/aromatic N) is 1. The van der Waals surface area contributed by atoms with Gasteiger partial charge in [-0.25, -0.2) is 9.78 Å². The summed E-state index contributed by atoms with van der Waals surface area (Å²) in [5.41, 5.74) is 0.901. The SMILES string of the molecule is O=C(O)c1ocnc1-c1ccc2c(c1)OCCCO2. The highest BCUT2D eigenvalue weighted by Gasteiger charge is 2.19. The number of aromatic carboxylic acids is 1. The molecule has 1 aromatic carbocycles. The molecule has 6 heteroatoms. The number of oxazole rings is 1. The summed E-state index contributed by atoms with van der Waals surface area (Å²) in [6.45, 7) is 1.18. The fraction of sp³-hybridized carbons (Fsp3) is 0.231. The van der Waals surface area contributed by atoms with Gasteiger partial charge in [0.05, 0.1) is 13.2 Å². The molecule has 0 bridgehead atoms. The van der Waals surface area contributed by atoms with Gasteiger partial charge in [-0.3, -0.25) is 0 Å². The molecule has 1 aromatic heterocycles. The molecule has 2 heterocycles. The molecule has 2 aromatic rings. The standard InChI is InChI=1S/C13H11NO5/c15-13(16)12-11(14-7-19-12)8-2-3-9-10(6-8)18-5-1-4-17-9/h2-3,6-7H,1,4-5H2,(H,15,16). The van der Waals surface area contributed by atoms with Crippen LogP contribution in [-0.4, -0.2) is 29.3 Å². The van der Waals surface area contributed by atoms with Gasteiger partial charge in [-0.05, 0) is 18.2 Å². The van der Waals surface area contributed by atoms with Crippen molar-refractivity contribution in [2.24, 2.45) is 0 Å². The fourth-order valence-electron chi connectivity index (χ4n) is 1.91. The van der Waals surface area contributed by atoms with Crippen LogP contribution in [0.5, 0.6) is 11.5 Å². The topological polar surface area (TPSA) is 81.8 Å². The molecule has 6 nitrogen and oxygen atoms in total. The Kier molecular flexibility index (Phi) is 2.83. The zero-order chi connectivity index (χ0) is 13.2. The summed E-state index contributed by atoms with van der Waals surface area (Å²) in [4.78, 5) is 14.9. The van der Waals surface area contributed by atoms with E-state index in [1.165, 1.54) is 0 Å². The third-order valence-electron chi connectivity index (χ3n) is 2.78. The van der Waals surface area contributed by atoms with Gasteiger partial charge >= 0.3 is 5.97 Å². The summed E-state index contributed by atoms with van der Waals surface area (Å²) in [5.74, 6) is -0.0925. The molecule has 0 unspecified atom stereocenters. The van der Waals surface area contributed by atoms with Crippen LogP contribution >= 0.6 is 0 Å². The lowest BCUT2D eigenvalue weighted by molar-refractivity contribution is 0.0663. The summed E-state index contributed by atoms with van der Waals surface area (Å²) in [6.07, 6.45) is 1.93. The lowest BCUT2D eigenvalue weighted by Crippen LogP contribution is -1.98. The quantitative estimate of drug-likeness (QED) is 0.892. The molecular formula is C13H11NO5. The number of carboxylic acids is 1. The minimum atomic E-state index is -1.15. The number of aromatic nitrogens is 1. The van der Waals surface area contributed by atoms with E-state index in [1.54, 1.807) is 18.2 Å². The minimum absolute atomic E-state index is 0.186. The van der Waals surface area contributed by atoms with E-state index >= 15 is 0 Å². The second kappa shape index (κ2) is 4.64. The zero-order valence-electron chi connectivity index (χ0n) is 9.96. The number of hydrogen-bond donors (Lipinski definition) is 1. The van der Waals surface area contributed by atoms with E-state index in [1.807, 2.05) is 0 Å². The van der Waals surface area contributed by atoms with Crippen molar-refractivity contribution in [3.05, 3.63) is 30.4 Å². The summed E-state index contributed by atoms with van der Waals surface area (Å²) < 4.78 is 15.9. The average molecular weight is 261 g/mol. The van der Waals surface area contributed by atoms with Crippen LogP contribution in [0.3, 0.4) is 0 Å². The highest BCUT2D eigenvalue weighted by Crippen LogP contribution is 2.34. The first kappa shape index (κ1) is 11.6. The van der Waals surface area contributed by atoms with Crippen molar-refractivity contribution in [3.63, 3.8) is 0 Å². The Morgan fingerprint density at radius 2 is 2.00 bits per heavy atom. The lowest BCUT2D eigenvalue weighted by atomic mass is 10.1. The van der Waals surface area contributed by atoms with Gasteiger partial charge in [0.1, 0.15) is 5.69 Å². The maximum atomic E-state index is 11.0. The van der Waals surface area contributed by atoms with Crippen molar-refractivity contribution in [1.82, 2.24) is 4.98 Å². The second-order valence-electron chi connectivity index (χ2n) is 4.05. The molecule has 0 amide bonds. The zero-order valence-corrected chi connectivity index (χ0v) is 9.96. The Morgan fingerprint density at radius 1 is 1.21 bits per heavy atom. The first-order valence-electron chi connectivity index (χ1n) is 5.82. The Bertz CT molecular complexity index is 619. The molecule has 0 atom stereocenters. The molecule has 1 aliphatic rings. The van der Waals surface area contributed by atoms with Crippen LogP contribution in [0, 0.1) is 0 Å². The molecule has 1 aliphatic heterocycles. The highest BCUT2D eigenvalue weighted by atomic mass is 16.5. The Hall–Kier alpha value is -2.50. The van der Waals surface area contributed by atoms with Crippen LogP contribution in [0.2, 0.25) is 0 Å². The monoisotopic (exact) mass is 261 g/mol. The first-order chi connectivity index (χ1) is 9.25. The van der Waals surface area contributed by atoms with Crippen molar-refractivity contribution in [2.45, 2.75) is 6.42 Å². The number of fused-ring (bicyclic) bond motifs is 1. The summed E-state index contributed by atoms with van der Waals surface area (Å²) in [7, 11) is 0. The molecule has 98 valence electrons. The van der Waals surface area contributed by atoms with Crippen LogP contribution in [0.1, 0.15) is 17.0 Å². The molecule has 0 spiro atoms. The molecule has 3 rings (SSSR count). The number of rotatable bonds is 2. The smallest absolute Gasteiger partial charge is 0.374 e. The van der Waals surface area contributed by atoms with Crippen molar-refractivity contribution in [2.75, 3.05) is 13.2 Å². The molecule has 0 saturated heterocycles. The van der Waals surface area contributed by atoms with E-state index < -0.39 is 5.97 Å². The predicted octanol–water partition coefficient (Wildman–Crippen LogP) is 2.20. The molecule has 1 N–H and O–H groups in total. The molecule has 0 fully saturated rings. The van der Waals surface area contributed by atoms with Gasteiger partial charge in [0.15, 0.2) is 17.9 Å². The molecule has 0 aliphatic carbocycles. The Morgan fingerprint density at radius 3 is 2.79 bits per heavy atom. The number of hydrogen-bond acceptors (Lipinski definition) is 5. The normalized spacial score (nSPS) is 13.9. The molecule has 0 radical (unpaired) electrons. The van der Waals surface area contributed by atoms with E-state index in [0.29, 0.717) is 30.3 Å². The van der Waals surface area contributed by atoms with Gasteiger partial charge in [0.25, 0.3) is 0 Å². The van der Waals surface area contributed by atoms with Crippen molar-refractivity contribution < 1.29 is 23.8 Å². The lowest BCUT2D eigenvalue weighted by Gasteiger charge is -2.08. The maximum Gasteiger partial charge on any atom is 0.374 e. The van der Waals surface area contributed by atoms with Gasteiger partial charge in [0.2, 0.25) is 5.76 Å². The molecule has 19 heavy (non-hydrogen) atoms.